The van der Waals surface area contributed by atoms with Gasteiger partial charge >= 0.3 is 6.09 Å². The Morgan fingerprint density at radius 1 is 1.24 bits per heavy atom. The number of phenols is 1. The number of nitrogens with one attached hydrogen (secondary N) is 1. The van der Waals surface area contributed by atoms with Gasteiger partial charge in [0.25, 0.3) is 0 Å². The molecule has 0 saturated heterocycles. The fourth-order valence-electron chi connectivity index (χ4n) is 2.00. The molecular formula is C16H24N2O3. The molecule has 0 spiro atoms. The topological polar surface area (TPSA) is 72.8 Å². The van der Waals surface area contributed by atoms with Crippen LogP contribution < -0.4 is 10.2 Å². The highest BCUT2D eigenvalue weighted by molar-refractivity contribution is 5.63. The predicted molar refractivity (Wildman–Crippen MR) is 87.3 cm³/mol. The van der Waals surface area contributed by atoms with Crippen molar-refractivity contribution in [1.29, 1.82) is 0 Å². The minimum atomic E-state index is -0.995. The number of amides is 1. The van der Waals surface area contributed by atoms with Crippen molar-refractivity contribution >= 4 is 11.8 Å². The number of phenolic OH excluding ortho intramolecular Hbond substituents is 1. The van der Waals surface area contributed by atoms with Gasteiger partial charge in [-0.1, -0.05) is 12.2 Å². The Morgan fingerprint density at radius 3 is 1.90 bits per heavy atom. The van der Waals surface area contributed by atoms with E-state index in [-0.39, 0.29) is 0 Å². The predicted octanol–water partition coefficient (Wildman–Crippen LogP) is 3.07. The summed E-state index contributed by atoms with van der Waals surface area (Å²) in [4.78, 5) is 11.4. The number of hydrogen-bond donors (Lipinski definition) is 3. The van der Waals surface area contributed by atoms with Crippen LogP contribution in [0, 0.1) is 13.8 Å². The number of carbonyl (C=O) groups is 1. The summed E-state index contributed by atoms with van der Waals surface area (Å²) < 4.78 is 0. The van der Waals surface area contributed by atoms with Gasteiger partial charge in [0, 0.05) is 25.8 Å². The third-order valence-electron chi connectivity index (χ3n) is 2.70. The lowest BCUT2D eigenvalue weighted by Crippen LogP contribution is -2.24. The molecule has 0 aliphatic rings. The number of rotatable bonds is 5. The largest absolute Gasteiger partial charge is 0.508 e. The first kappa shape index (κ1) is 18.6. The molecule has 0 aliphatic carbocycles. The second-order valence-electron chi connectivity index (χ2n) is 4.47. The Labute approximate surface area is 126 Å². The Morgan fingerprint density at radius 2 is 1.62 bits per heavy atom. The highest BCUT2D eigenvalue weighted by atomic mass is 16.4. The molecule has 116 valence electrons. The molecule has 0 heterocycles. The molecule has 0 radical (unpaired) electrons. The number of hydrogen-bond acceptors (Lipinski definition) is 3. The number of carboxylic acid groups (broad SMARTS) is 1. The minimum Gasteiger partial charge on any atom is -0.508 e. The van der Waals surface area contributed by atoms with Crippen molar-refractivity contribution in [2.45, 2.75) is 13.8 Å². The Kier molecular flexibility index (Phi) is 8.37. The van der Waals surface area contributed by atoms with Gasteiger partial charge in [-0.25, -0.2) is 4.79 Å². The Bertz CT molecular complexity index is 465. The molecule has 1 amide bonds. The van der Waals surface area contributed by atoms with Crippen LogP contribution in [0.15, 0.2) is 37.4 Å². The van der Waals surface area contributed by atoms with Crippen molar-refractivity contribution in [2.24, 2.45) is 0 Å². The standard InChI is InChI=1S/C14H19NO.C2H5NO2/c1-5-7-15(8-6-2)14-11(3)9-13(16)10-12(14)4;1-3-2(4)5/h5-6,9-10,16H,1-2,7-8H2,3-4H3;3H,1H3,(H,4,5). The highest BCUT2D eigenvalue weighted by Crippen LogP contribution is 2.28. The fraction of sp³-hybridized carbons (Fsp3) is 0.312. The van der Waals surface area contributed by atoms with Crippen LogP contribution in [-0.2, 0) is 0 Å². The summed E-state index contributed by atoms with van der Waals surface area (Å²) in [6.07, 6.45) is 2.75. The van der Waals surface area contributed by atoms with E-state index in [0.29, 0.717) is 5.75 Å². The summed E-state index contributed by atoms with van der Waals surface area (Å²) in [5.74, 6) is 0.316. The number of benzene rings is 1. The number of aryl methyl sites for hydroxylation is 2. The Balaban J connectivity index is 0.000000690. The molecule has 1 aromatic carbocycles. The molecule has 1 aromatic rings. The summed E-state index contributed by atoms with van der Waals surface area (Å²) in [6.45, 7) is 13.1. The molecular weight excluding hydrogens is 268 g/mol. The van der Waals surface area contributed by atoms with E-state index in [2.05, 4.69) is 18.1 Å². The summed E-state index contributed by atoms with van der Waals surface area (Å²) in [6, 6.07) is 3.56. The normalized spacial score (nSPS) is 9.10. The van der Waals surface area contributed by atoms with Crippen LogP contribution in [0.5, 0.6) is 5.75 Å². The van der Waals surface area contributed by atoms with Crippen LogP contribution in [0.2, 0.25) is 0 Å². The highest BCUT2D eigenvalue weighted by Gasteiger charge is 2.10. The van der Waals surface area contributed by atoms with Crippen LogP contribution in [0.25, 0.3) is 0 Å². The first-order chi connectivity index (χ1) is 9.87. The van der Waals surface area contributed by atoms with E-state index in [4.69, 9.17) is 5.11 Å². The maximum absolute atomic E-state index is 9.50. The molecule has 0 unspecified atom stereocenters. The van der Waals surface area contributed by atoms with Crippen LogP contribution in [0.1, 0.15) is 11.1 Å². The van der Waals surface area contributed by atoms with Gasteiger partial charge in [-0.2, -0.15) is 0 Å². The van der Waals surface area contributed by atoms with Gasteiger partial charge in [-0.3, -0.25) is 0 Å². The second-order valence-corrected chi connectivity index (χ2v) is 4.47. The van der Waals surface area contributed by atoms with E-state index >= 15 is 0 Å². The third-order valence-corrected chi connectivity index (χ3v) is 2.70. The van der Waals surface area contributed by atoms with Gasteiger partial charge in [0.15, 0.2) is 0 Å². The summed E-state index contributed by atoms with van der Waals surface area (Å²) in [5.41, 5.74) is 3.29. The van der Waals surface area contributed by atoms with Crippen LogP contribution >= 0.6 is 0 Å². The molecule has 21 heavy (non-hydrogen) atoms. The van der Waals surface area contributed by atoms with Crippen LogP contribution in [-0.4, -0.2) is 36.4 Å². The van der Waals surface area contributed by atoms with Crippen molar-refractivity contribution in [1.82, 2.24) is 5.32 Å². The van der Waals surface area contributed by atoms with E-state index in [0.717, 1.165) is 29.9 Å². The molecule has 5 nitrogen and oxygen atoms in total. The number of anilines is 1. The maximum atomic E-state index is 9.50. The molecule has 5 heteroatoms. The molecule has 0 saturated carbocycles. The molecule has 0 fully saturated rings. The third kappa shape index (κ3) is 6.51. The monoisotopic (exact) mass is 292 g/mol. The van der Waals surface area contributed by atoms with Crippen molar-refractivity contribution in [3.8, 4) is 5.75 Å². The average Bonchev–Trinajstić information content (AvgIpc) is 2.38. The van der Waals surface area contributed by atoms with E-state index in [1.165, 1.54) is 7.05 Å². The molecule has 1 rings (SSSR count). The number of aromatic hydroxyl groups is 1. The smallest absolute Gasteiger partial charge is 0.404 e. The zero-order valence-electron chi connectivity index (χ0n) is 12.9. The zero-order valence-corrected chi connectivity index (χ0v) is 12.9. The SMILES string of the molecule is C=CCN(CC=C)c1c(C)cc(O)cc1C.CNC(=O)O. The van der Waals surface area contributed by atoms with Crippen LogP contribution in [0.4, 0.5) is 10.5 Å². The van der Waals surface area contributed by atoms with Gasteiger partial charge in [0.1, 0.15) is 5.75 Å². The summed E-state index contributed by atoms with van der Waals surface area (Å²) in [5, 5.41) is 19.1. The van der Waals surface area contributed by atoms with Crippen molar-refractivity contribution in [3.63, 3.8) is 0 Å². The van der Waals surface area contributed by atoms with E-state index < -0.39 is 6.09 Å². The van der Waals surface area contributed by atoms with Crippen LogP contribution in [0.3, 0.4) is 0 Å². The van der Waals surface area contributed by atoms with Crippen molar-refractivity contribution in [2.75, 3.05) is 25.0 Å². The number of nitrogens with zero attached hydrogens (tertiary/aromatic N) is 1. The summed E-state index contributed by atoms with van der Waals surface area (Å²) in [7, 11) is 1.35. The average molecular weight is 292 g/mol. The zero-order chi connectivity index (χ0) is 16.4. The lowest BCUT2D eigenvalue weighted by Gasteiger charge is -2.25. The quantitative estimate of drug-likeness (QED) is 0.729. The van der Waals surface area contributed by atoms with Crippen molar-refractivity contribution < 1.29 is 15.0 Å². The van der Waals surface area contributed by atoms with E-state index in [1.807, 2.05) is 31.3 Å². The molecule has 0 aliphatic heterocycles. The Hall–Kier alpha value is -2.43. The summed E-state index contributed by atoms with van der Waals surface area (Å²) >= 11 is 0. The lowest BCUT2D eigenvalue weighted by molar-refractivity contribution is 0.197. The molecule has 0 aromatic heterocycles. The maximum Gasteiger partial charge on any atom is 0.404 e. The van der Waals surface area contributed by atoms with E-state index in [9.17, 15) is 9.90 Å². The van der Waals surface area contributed by atoms with Gasteiger partial charge in [0.2, 0.25) is 0 Å². The van der Waals surface area contributed by atoms with E-state index in [1.54, 1.807) is 12.1 Å². The minimum absolute atomic E-state index is 0.316. The van der Waals surface area contributed by atoms with Gasteiger partial charge in [-0.15, -0.1) is 13.2 Å². The van der Waals surface area contributed by atoms with Crippen molar-refractivity contribution in [3.05, 3.63) is 48.6 Å². The second kappa shape index (κ2) is 9.47. The lowest BCUT2D eigenvalue weighted by atomic mass is 10.1. The first-order valence-corrected chi connectivity index (χ1v) is 6.55. The fourth-order valence-corrected chi connectivity index (χ4v) is 2.00. The molecule has 3 N–H and O–H groups in total. The molecule has 0 atom stereocenters. The first-order valence-electron chi connectivity index (χ1n) is 6.55. The molecule has 0 bridgehead atoms. The van der Waals surface area contributed by atoms with Gasteiger partial charge < -0.3 is 20.4 Å². The van der Waals surface area contributed by atoms with Gasteiger partial charge in [0.05, 0.1) is 0 Å². The van der Waals surface area contributed by atoms with Gasteiger partial charge in [-0.05, 0) is 37.1 Å².